The summed E-state index contributed by atoms with van der Waals surface area (Å²) >= 11 is 1.18. The number of aliphatic hydroxyl groups excluding tert-OH is 1. The van der Waals surface area contributed by atoms with Crippen molar-refractivity contribution in [2.45, 2.75) is 31.4 Å². The van der Waals surface area contributed by atoms with Crippen LogP contribution in [0.3, 0.4) is 0 Å². The van der Waals surface area contributed by atoms with Crippen LogP contribution in [0.25, 0.3) is 0 Å². The third-order valence-corrected chi connectivity index (χ3v) is 6.15. The molecule has 0 aliphatic carbocycles. The minimum absolute atomic E-state index is 0.101. The van der Waals surface area contributed by atoms with Gasteiger partial charge >= 0.3 is 0 Å². The molecule has 1 aromatic carbocycles. The van der Waals surface area contributed by atoms with Crippen molar-refractivity contribution in [3.8, 4) is 0 Å². The highest BCUT2D eigenvalue weighted by atomic mass is 32.2. The summed E-state index contributed by atoms with van der Waals surface area (Å²) in [6.07, 6.45) is 0.613. The molecule has 8 heteroatoms. The first-order valence-electron chi connectivity index (χ1n) is 9.93. The smallest absolute Gasteiger partial charge is 0.258 e. The number of aliphatic hydroxyl groups is 1. The standard InChI is InChI=1S/C22H29N3O4S/c1-14(2)30-15(3)20(27)24-22(8-10-29-13-22)21(28)23-17-5-6-18-16(11-17)7-9-25(4)12-19(18)26/h5-6,11,19,26H,1,3,7-10,12-13H2,2,4H3,(H,23,28)(H,24,27). The molecule has 2 amide bonds. The highest BCUT2D eigenvalue weighted by Crippen LogP contribution is 2.28. The summed E-state index contributed by atoms with van der Waals surface area (Å²) in [6.45, 7) is 11.2. The minimum Gasteiger partial charge on any atom is -0.387 e. The van der Waals surface area contributed by atoms with E-state index in [0.717, 1.165) is 29.0 Å². The molecular weight excluding hydrogens is 402 g/mol. The molecule has 0 bridgehead atoms. The van der Waals surface area contributed by atoms with E-state index >= 15 is 0 Å². The average Bonchev–Trinajstić information content (AvgIpc) is 3.10. The highest BCUT2D eigenvalue weighted by Gasteiger charge is 2.44. The van der Waals surface area contributed by atoms with Gasteiger partial charge in [0.25, 0.3) is 11.8 Å². The lowest BCUT2D eigenvalue weighted by Gasteiger charge is -2.28. The van der Waals surface area contributed by atoms with Crippen LogP contribution in [0.15, 0.2) is 41.2 Å². The molecule has 0 aromatic heterocycles. The van der Waals surface area contributed by atoms with Gasteiger partial charge in [-0.15, -0.1) is 0 Å². The topological polar surface area (TPSA) is 90.9 Å². The second-order valence-electron chi connectivity index (χ2n) is 7.96. The second-order valence-corrected chi connectivity index (χ2v) is 9.36. The van der Waals surface area contributed by atoms with E-state index < -0.39 is 17.6 Å². The number of hydrogen-bond donors (Lipinski definition) is 3. The lowest BCUT2D eigenvalue weighted by molar-refractivity contribution is -0.128. The van der Waals surface area contributed by atoms with E-state index in [-0.39, 0.29) is 17.4 Å². The van der Waals surface area contributed by atoms with E-state index in [9.17, 15) is 14.7 Å². The molecule has 1 saturated heterocycles. The van der Waals surface area contributed by atoms with Gasteiger partial charge in [0.2, 0.25) is 0 Å². The monoisotopic (exact) mass is 431 g/mol. The van der Waals surface area contributed by atoms with E-state index in [2.05, 4.69) is 28.7 Å². The van der Waals surface area contributed by atoms with Crippen molar-refractivity contribution < 1.29 is 19.4 Å². The van der Waals surface area contributed by atoms with Crippen LogP contribution in [0.2, 0.25) is 0 Å². The van der Waals surface area contributed by atoms with Crippen molar-refractivity contribution in [2.75, 3.05) is 38.7 Å². The number of anilines is 1. The Bertz CT molecular complexity index is 864. The molecule has 2 unspecified atom stereocenters. The Morgan fingerprint density at radius 1 is 1.37 bits per heavy atom. The van der Waals surface area contributed by atoms with E-state index in [0.29, 0.717) is 25.3 Å². The molecule has 162 valence electrons. The third-order valence-electron chi connectivity index (χ3n) is 5.37. The van der Waals surface area contributed by atoms with Gasteiger partial charge in [0.15, 0.2) is 0 Å². The SMILES string of the molecule is C=C(C)SC(=C)C(=O)NC1(C(=O)Nc2ccc3c(c2)CCN(C)CC3O)CCOC1. The molecule has 0 radical (unpaired) electrons. The van der Waals surface area contributed by atoms with E-state index in [1.54, 1.807) is 13.0 Å². The first-order valence-corrected chi connectivity index (χ1v) is 10.8. The molecule has 2 atom stereocenters. The number of β-amino-alcohol motifs (C(OH)–C–C–N with tert-alkyl or cyclic N) is 1. The van der Waals surface area contributed by atoms with Crippen LogP contribution in [0.4, 0.5) is 5.69 Å². The average molecular weight is 432 g/mol. The number of nitrogens with one attached hydrogen (secondary N) is 2. The normalized spacial score (nSPS) is 23.9. The Morgan fingerprint density at radius 2 is 2.13 bits per heavy atom. The first-order chi connectivity index (χ1) is 14.2. The Morgan fingerprint density at radius 3 is 2.80 bits per heavy atom. The van der Waals surface area contributed by atoms with Crippen LogP contribution in [-0.4, -0.2) is 60.7 Å². The van der Waals surface area contributed by atoms with Crippen LogP contribution in [0.5, 0.6) is 0 Å². The molecule has 2 heterocycles. The maximum atomic E-state index is 13.2. The molecule has 1 aromatic rings. The van der Waals surface area contributed by atoms with Crippen molar-refractivity contribution in [1.29, 1.82) is 0 Å². The summed E-state index contributed by atoms with van der Waals surface area (Å²) in [5, 5.41) is 16.1. The van der Waals surface area contributed by atoms with E-state index in [4.69, 9.17) is 4.74 Å². The zero-order valence-corrected chi connectivity index (χ0v) is 18.3. The lowest BCUT2D eigenvalue weighted by atomic mass is 9.96. The number of thioether (sulfide) groups is 1. The summed E-state index contributed by atoms with van der Waals surface area (Å²) in [5.41, 5.74) is 1.38. The molecule has 1 fully saturated rings. The van der Waals surface area contributed by atoms with Crippen LogP contribution in [0, 0.1) is 0 Å². The Labute approximate surface area is 181 Å². The van der Waals surface area contributed by atoms with E-state index in [1.807, 2.05) is 19.2 Å². The van der Waals surface area contributed by atoms with Gasteiger partial charge in [-0.25, -0.2) is 0 Å². The Hall–Kier alpha value is -2.13. The number of fused-ring (bicyclic) bond motifs is 1. The van der Waals surface area contributed by atoms with Crippen molar-refractivity contribution in [2.24, 2.45) is 0 Å². The zero-order chi connectivity index (χ0) is 21.9. The van der Waals surface area contributed by atoms with Gasteiger partial charge in [0.05, 0.1) is 17.6 Å². The van der Waals surface area contributed by atoms with Gasteiger partial charge in [-0.1, -0.05) is 31.0 Å². The molecule has 3 rings (SSSR count). The lowest BCUT2D eigenvalue weighted by Crippen LogP contribution is -2.57. The van der Waals surface area contributed by atoms with E-state index in [1.165, 1.54) is 11.8 Å². The predicted molar refractivity (Wildman–Crippen MR) is 119 cm³/mol. The largest absolute Gasteiger partial charge is 0.387 e. The molecule has 0 saturated carbocycles. The maximum Gasteiger partial charge on any atom is 0.258 e. The molecular formula is C22H29N3O4S. The summed E-state index contributed by atoms with van der Waals surface area (Å²) in [5.74, 6) is -0.732. The van der Waals surface area contributed by atoms with Crippen molar-refractivity contribution >= 4 is 29.3 Å². The summed E-state index contributed by atoms with van der Waals surface area (Å²) < 4.78 is 5.45. The number of benzene rings is 1. The molecule has 30 heavy (non-hydrogen) atoms. The minimum atomic E-state index is -1.15. The van der Waals surface area contributed by atoms with Gasteiger partial charge in [-0.05, 0) is 48.6 Å². The van der Waals surface area contributed by atoms with Gasteiger partial charge in [-0.3, -0.25) is 9.59 Å². The molecule has 3 N–H and O–H groups in total. The fourth-order valence-electron chi connectivity index (χ4n) is 3.72. The first kappa shape index (κ1) is 22.6. The number of likely N-dealkylation sites (N-methyl/N-ethyl adjacent to an activating group) is 1. The Kier molecular flexibility index (Phi) is 7.02. The van der Waals surface area contributed by atoms with Gasteiger partial charge in [0.1, 0.15) is 5.54 Å². The number of nitrogens with zero attached hydrogens (tertiary/aromatic N) is 1. The molecule has 2 aliphatic heterocycles. The maximum absolute atomic E-state index is 13.2. The summed E-state index contributed by atoms with van der Waals surface area (Å²) in [4.78, 5) is 28.8. The number of hydrogen-bond acceptors (Lipinski definition) is 6. The predicted octanol–water partition coefficient (Wildman–Crippen LogP) is 2.20. The van der Waals surface area contributed by atoms with Crippen molar-refractivity contribution in [3.63, 3.8) is 0 Å². The molecule has 7 nitrogen and oxygen atoms in total. The second kappa shape index (κ2) is 9.34. The fourth-order valence-corrected chi connectivity index (χ4v) is 4.28. The summed E-state index contributed by atoms with van der Waals surface area (Å²) in [6, 6.07) is 5.54. The van der Waals surface area contributed by atoms with Gasteiger partial charge in [0, 0.05) is 31.8 Å². The van der Waals surface area contributed by atoms with Crippen LogP contribution in [-0.2, 0) is 20.7 Å². The van der Waals surface area contributed by atoms with Crippen LogP contribution >= 0.6 is 11.8 Å². The number of ether oxygens (including phenoxy) is 1. The zero-order valence-electron chi connectivity index (χ0n) is 17.5. The quantitative estimate of drug-likeness (QED) is 0.599. The van der Waals surface area contributed by atoms with Gasteiger partial charge < -0.3 is 25.4 Å². The number of amides is 2. The van der Waals surface area contributed by atoms with Crippen LogP contribution < -0.4 is 10.6 Å². The third kappa shape index (κ3) is 5.13. The Balaban J connectivity index is 1.75. The molecule has 0 spiro atoms. The van der Waals surface area contributed by atoms with Crippen LogP contribution in [0.1, 0.15) is 30.6 Å². The highest BCUT2D eigenvalue weighted by molar-refractivity contribution is 8.07. The number of allylic oxidation sites excluding steroid dienone is 1. The summed E-state index contributed by atoms with van der Waals surface area (Å²) in [7, 11) is 1.98. The van der Waals surface area contributed by atoms with Crippen molar-refractivity contribution in [3.05, 3.63) is 52.3 Å². The number of carbonyl (C=O) groups is 2. The van der Waals surface area contributed by atoms with Crippen molar-refractivity contribution in [1.82, 2.24) is 10.2 Å². The molecule has 2 aliphatic rings. The number of carbonyl (C=O) groups excluding carboxylic acids is 2. The number of rotatable bonds is 6. The fraction of sp³-hybridized carbons (Fsp3) is 0.455. The van der Waals surface area contributed by atoms with Gasteiger partial charge in [-0.2, -0.15) is 0 Å².